The fourth-order valence-corrected chi connectivity index (χ4v) is 1.65. The average molecular weight is 186 g/mol. The van der Waals surface area contributed by atoms with Gasteiger partial charge in [0, 0.05) is 11.0 Å². The topological polar surface area (TPSA) is 35.8 Å². The lowest BCUT2D eigenvalue weighted by Gasteiger charge is -2.21. The van der Waals surface area contributed by atoms with Crippen molar-refractivity contribution in [3.8, 4) is 6.07 Å². The number of hydrogen-bond acceptors (Lipinski definition) is 3. The zero-order valence-corrected chi connectivity index (χ0v) is 9.16. The van der Waals surface area contributed by atoms with E-state index in [1.165, 1.54) is 0 Å². The van der Waals surface area contributed by atoms with E-state index in [0.717, 1.165) is 12.2 Å². The highest BCUT2D eigenvalue weighted by atomic mass is 32.2. The second kappa shape index (κ2) is 5.45. The van der Waals surface area contributed by atoms with E-state index in [4.69, 9.17) is 5.26 Å². The highest BCUT2D eigenvalue weighted by Gasteiger charge is 2.21. The highest BCUT2D eigenvalue weighted by Crippen LogP contribution is 2.18. The molecule has 0 aliphatic carbocycles. The van der Waals surface area contributed by atoms with Crippen molar-refractivity contribution in [2.24, 2.45) is 0 Å². The van der Waals surface area contributed by atoms with E-state index >= 15 is 0 Å². The maximum absolute atomic E-state index is 8.85. The smallest absolute Gasteiger partial charge is 0.112 e. The Kier molecular flexibility index (Phi) is 5.36. The molecule has 70 valence electrons. The molecule has 0 spiro atoms. The van der Waals surface area contributed by atoms with Gasteiger partial charge in [0.2, 0.25) is 0 Å². The maximum atomic E-state index is 8.85. The van der Waals surface area contributed by atoms with E-state index in [1.807, 2.05) is 25.7 Å². The van der Waals surface area contributed by atoms with E-state index in [1.54, 1.807) is 0 Å². The molecular weight excluding hydrogens is 168 g/mol. The van der Waals surface area contributed by atoms with Crippen molar-refractivity contribution in [3.63, 3.8) is 0 Å². The van der Waals surface area contributed by atoms with Crippen molar-refractivity contribution in [1.29, 1.82) is 5.26 Å². The van der Waals surface area contributed by atoms with Crippen molar-refractivity contribution < 1.29 is 0 Å². The van der Waals surface area contributed by atoms with Crippen LogP contribution in [0.5, 0.6) is 0 Å². The third-order valence-electron chi connectivity index (χ3n) is 2.03. The predicted octanol–water partition coefficient (Wildman–Crippen LogP) is 2.02. The van der Waals surface area contributed by atoms with E-state index in [9.17, 15) is 0 Å². The average Bonchev–Trinajstić information content (AvgIpc) is 2.13. The summed E-state index contributed by atoms with van der Waals surface area (Å²) in [5.74, 6) is 0.856. The molecule has 0 aliphatic rings. The van der Waals surface area contributed by atoms with Crippen molar-refractivity contribution in [1.82, 2.24) is 5.32 Å². The first kappa shape index (κ1) is 11.8. The molecule has 0 fully saturated rings. The van der Waals surface area contributed by atoms with Gasteiger partial charge in [-0.15, -0.1) is 0 Å². The number of hydrogen-bond donors (Lipinski definition) is 1. The van der Waals surface area contributed by atoms with Gasteiger partial charge >= 0.3 is 0 Å². The minimum Gasteiger partial charge on any atom is -0.302 e. The summed E-state index contributed by atoms with van der Waals surface area (Å²) in [4.78, 5) is 0. The SMILES string of the molecule is CCC(C)SCC(C)(C#N)NC. The fraction of sp³-hybridized carbons (Fsp3) is 0.889. The van der Waals surface area contributed by atoms with E-state index in [2.05, 4.69) is 25.2 Å². The molecule has 3 heteroatoms. The minimum atomic E-state index is -0.367. The number of thioether (sulfide) groups is 1. The molecular formula is C9H18N2S. The van der Waals surface area contributed by atoms with Crippen LogP contribution >= 0.6 is 11.8 Å². The van der Waals surface area contributed by atoms with Crippen molar-refractivity contribution in [3.05, 3.63) is 0 Å². The van der Waals surface area contributed by atoms with Crippen LogP contribution in [0.15, 0.2) is 0 Å². The van der Waals surface area contributed by atoms with Gasteiger partial charge in [-0.1, -0.05) is 13.8 Å². The molecule has 0 saturated heterocycles. The molecule has 0 radical (unpaired) electrons. The van der Waals surface area contributed by atoms with Crippen LogP contribution in [0.2, 0.25) is 0 Å². The number of nitriles is 1. The summed E-state index contributed by atoms with van der Waals surface area (Å²) in [7, 11) is 1.83. The lowest BCUT2D eigenvalue weighted by molar-refractivity contribution is 0.549. The van der Waals surface area contributed by atoms with Gasteiger partial charge in [-0.25, -0.2) is 0 Å². The predicted molar refractivity (Wildman–Crippen MR) is 55.3 cm³/mol. The Hall–Kier alpha value is -0.200. The molecule has 12 heavy (non-hydrogen) atoms. The molecule has 2 atom stereocenters. The lowest BCUT2D eigenvalue weighted by atomic mass is 10.1. The van der Waals surface area contributed by atoms with Crippen LogP contribution in [0.25, 0.3) is 0 Å². The molecule has 0 aromatic carbocycles. The van der Waals surface area contributed by atoms with Crippen molar-refractivity contribution >= 4 is 11.8 Å². The maximum Gasteiger partial charge on any atom is 0.112 e. The minimum absolute atomic E-state index is 0.367. The van der Waals surface area contributed by atoms with Crippen LogP contribution in [0.3, 0.4) is 0 Å². The molecule has 0 heterocycles. The Balaban J connectivity index is 3.83. The lowest BCUT2D eigenvalue weighted by Crippen LogP contribution is -2.41. The van der Waals surface area contributed by atoms with E-state index in [-0.39, 0.29) is 5.54 Å². The zero-order chi connectivity index (χ0) is 9.61. The van der Waals surface area contributed by atoms with Crippen molar-refractivity contribution in [2.45, 2.75) is 38.0 Å². The summed E-state index contributed by atoms with van der Waals surface area (Å²) in [5.41, 5.74) is -0.367. The summed E-state index contributed by atoms with van der Waals surface area (Å²) in [6, 6.07) is 2.28. The first-order valence-electron chi connectivity index (χ1n) is 4.29. The molecule has 2 nitrogen and oxygen atoms in total. The van der Waals surface area contributed by atoms with Gasteiger partial charge in [0.05, 0.1) is 6.07 Å². The van der Waals surface area contributed by atoms with Crippen LogP contribution in [-0.4, -0.2) is 23.6 Å². The molecule has 0 bridgehead atoms. The Labute approximate surface area is 79.7 Å². The van der Waals surface area contributed by atoms with Gasteiger partial charge in [0.1, 0.15) is 5.54 Å². The largest absolute Gasteiger partial charge is 0.302 e. The van der Waals surface area contributed by atoms with E-state index < -0.39 is 0 Å². The normalized spacial score (nSPS) is 17.9. The van der Waals surface area contributed by atoms with Gasteiger partial charge < -0.3 is 5.32 Å². The summed E-state index contributed by atoms with van der Waals surface area (Å²) in [6.07, 6.45) is 1.16. The molecule has 0 rings (SSSR count). The van der Waals surface area contributed by atoms with Crippen LogP contribution in [0, 0.1) is 11.3 Å². The summed E-state index contributed by atoms with van der Waals surface area (Å²) in [5, 5.41) is 12.5. The van der Waals surface area contributed by atoms with Crippen molar-refractivity contribution in [2.75, 3.05) is 12.8 Å². The van der Waals surface area contributed by atoms with Gasteiger partial charge in [-0.2, -0.15) is 17.0 Å². The Morgan fingerprint density at radius 2 is 2.25 bits per heavy atom. The summed E-state index contributed by atoms with van der Waals surface area (Å²) < 4.78 is 0. The quantitative estimate of drug-likeness (QED) is 0.713. The van der Waals surface area contributed by atoms with E-state index in [0.29, 0.717) is 5.25 Å². The first-order chi connectivity index (χ1) is 5.58. The van der Waals surface area contributed by atoms with Crippen LogP contribution in [0.1, 0.15) is 27.2 Å². The third kappa shape index (κ3) is 3.99. The highest BCUT2D eigenvalue weighted by molar-refractivity contribution is 7.99. The second-order valence-corrected chi connectivity index (χ2v) is 4.65. The second-order valence-electron chi connectivity index (χ2n) is 3.22. The number of nitrogens with one attached hydrogen (secondary N) is 1. The molecule has 0 aromatic rings. The zero-order valence-electron chi connectivity index (χ0n) is 8.35. The molecule has 0 aliphatic heterocycles. The van der Waals surface area contributed by atoms with Gasteiger partial charge in [-0.05, 0) is 20.4 Å². The fourth-order valence-electron chi connectivity index (χ4n) is 0.587. The Morgan fingerprint density at radius 1 is 1.67 bits per heavy atom. The van der Waals surface area contributed by atoms with Crippen LogP contribution < -0.4 is 5.32 Å². The number of nitrogens with zero attached hydrogens (tertiary/aromatic N) is 1. The Bertz CT molecular complexity index is 164. The molecule has 0 saturated carbocycles. The monoisotopic (exact) mass is 186 g/mol. The Morgan fingerprint density at radius 3 is 2.58 bits per heavy atom. The standard InChI is InChI=1S/C9H18N2S/c1-5-8(2)12-7-9(3,6-10)11-4/h8,11H,5,7H2,1-4H3. The molecule has 2 unspecified atom stereocenters. The van der Waals surface area contributed by atoms with Gasteiger partial charge in [0.15, 0.2) is 0 Å². The summed E-state index contributed by atoms with van der Waals surface area (Å²) in [6.45, 7) is 6.29. The number of rotatable bonds is 5. The third-order valence-corrected chi connectivity index (χ3v) is 3.68. The molecule has 1 N–H and O–H groups in total. The van der Waals surface area contributed by atoms with Crippen LogP contribution in [0.4, 0.5) is 0 Å². The van der Waals surface area contributed by atoms with Gasteiger partial charge in [0.25, 0.3) is 0 Å². The molecule has 0 amide bonds. The first-order valence-corrected chi connectivity index (χ1v) is 5.34. The van der Waals surface area contributed by atoms with Gasteiger partial charge in [-0.3, -0.25) is 0 Å². The summed E-state index contributed by atoms with van der Waals surface area (Å²) >= 11 is 1.85. The molecule has 0 aromatic heterocycles. The van der Waals surface area contributed by atoms with Crippen LogP contribution in [-0.2, 0) is 0 Å².